The Bertz CT molecular complexity index is 2860. The Balaban J connectivity index is 0.000000341. The zero-order valence-electron chi connectivity index (χ0n) is 32.7. The van der Waals surface area contributed by atoms with Gasteiger partial charge in [-0.15, -0.1) is 22.9 Å². The molecular formula is C54H32N4O2Pt2-6. The van der Waals surface area contributed by atoms with Crippen LogP contribution >= 0.6 is 0 Å². The van der Waals surface area contributed by atoms with Crippen molar-refractivity contribution in [2.45, 2.75) is 0 Å². The molecule has 10 rings (SSSR count). The van der Waals surface area contributed by atoms with Crippen molar-refractivity contribution in [1.29, 1.82) is 0 Å². The molecule has 0 aliphatic rings. The third-order valence-corrected chi connectivity index (χ3v) is 9.17. The van der Waals surface area contributed by atoms with E-state index in [9.17, 15) is 0 Å². The Morgan fingerprint density at radius 3 is 1.16 bits per heavy atom. The molecule has 0 spiro atoms. The van der Waals surface area contributed by atoms with Crippen LogP contribution in [0.3, 0.4) is 0 Å². The predicted octanol–water partition coefficient (Wildman–Crippen LogP) is 12.3. The summed E-state index contributed by atoms with van der Waals surface area (Å²) in [5.41, 5.74) is 5.09. The van der Waals surface area contributed by atoms with Crippen molar-refractivity contribution < 1.29 is 51.6 Å². The number of hydrogen-bond acceptors (Lipinski definition) is 4. The molecule has 0 N–H and O–H groups in total. The molecule has 6 nitrogen and oxygen atoms in total. The van der Waals surface area contributed by atoms with Crippen LogP contribution in [0.4, 0.5) is 0 Å². The third kappa shape index (κ3) is 10.7. The van der Waals surface area contributed by atoms with Gasteiger partial charge in [-0.05, 0) is 59.7 Å². The van der Waals surface area contributed by atoms with Crippen LogP contribution in [0.25, 0.3) is 54.9 Å². The van der Waals surface area contributed by atoms with Gasteiger partial charge in [0.1, 0.15) is 0 Å². The van der Waals surface area contributed by atoms with Gasteiger partial charge < -0.3 is 66.8 Å². The fourth-order valence-corrected chi connectivity index (χ4v) is 6.32. The van der Waals surface area contributed by atoms with E-state index < -0.39 is 0 Å². The molecule has 0 amide bonds. The van der Waals surface area contributed by atoms with Gasteiger partial charge in [-0.1, -0.05) is 109 Å². The molecule has 0 saturated carbocycles. The van der Waals surface area contributed by atoms with Gasteiger partial charge >= 0.3 is 0 Å². The van der Waals surface area contributed by atoms with Gasteiger partial charge in [0.25, 0.3) is 0 Å². The van der Waals surface area contributed by atoms with Crippen LogP contribution in [0, 0.1) is 49.2 Å². The van der Waals surface area contributed by atoms with Crippen LogP contribution in [0.15, 0.2) is 195 Å². The maximum absolute atomic E-state index is 6.57. The Kier molecular flexibility index (Phi) is 15.6. The summed E-state index contributed by atoms with van der Waals surface area (Å²) in [5, 5.41) is 3.48. The summed E-state index contributed by atoms with van der Waals surface area (Å²) >= 11 is 0. The SMILES string of the molecule is [C-]#Cn1cccc1.[C-]#Cn1cccc1.[Pt].[Pt].[c-]1c(-c2[c-]c(Oc3ncccc3-c3ccccc3)c3ccccc3[c-]2)[c-]c2ccccc2c1Oc1ncccc1-c1ccccc1. The topological polar surface area (TPSA) is 54.1 Å². The Labute approximate surface area is 390 Å². The van der Waals surface area contributed by atoms with Crippen molar-refractivity contribution in [3.8, 4) is 68.7 Å². The van der Waals surface area contributed by atoms with E-state index in [-0.39, 0.29) is 42.1 Å². The van der Waals surface area contributed by atoms with Crippen molar-refractivity contribution in [3.63, 3.8) is 0 Å². The Hall–Kier alpha value is -7.20. The normalized spacial score (nSPS) is 9.97. The van der Waals surface area contributed by atoms with Gasteiger partial charge in [0.05, 0.1) is 0 Å². The number of benzene rings is 6. The zero-order valence-corrected chi connectivity index (χ0v) is 37.3. The second-order valence-electron chi connectivity index (χ2n) is 13.1. The molecular weight excluding hydrogens is 1130 g/mol. The largest absolute Gasteiger partial charge is 0.669 e. The number of aromatic nitrogens is 4. The number of hydrogen-bond donors (Lipinski definition) is 0. The maximum Gasteiger partial charge on any atom is 0.223 e. The molecule has 4 aromatic heterocycles. The maximum atomic E-state index is 6.57. The number of rotatable bonds is 7. The van der Waals surface area contributed by atoms with Gasteiger partial charge in [0.2, 0.25) is 11.8 Å². The van der Waals surface area contributed by atoms with Gasteiger partial charge in [-0.25, -0.2) is 32.8 Å². The van der Waals surface area contributed by atoms with E-state index in [0.29, 0.717) is 34.4 Å². The second kappa shape index (κ2) is 21.9. The molecule has 0 fully saturated rings. The summed E-state index contributed by atoms with van der Waals surface area (Å²) < 4.78 is 16.2. The van der Waals surface area contributed by atoms with Crippen molar-refractivity contribution >= 4 is 21.5 Å². The minimum atomic E-state index is 0. The molecule has 0 bridgehead atoms. The zero-order chi connectivity index (χ0) is 40.9. The Morgan fingerprint density at radius 1 is 0.419 bits per heavy atom. The van der Waals surface area contributed by atoms with Crippen LogP contribution in [0.2, 0.25) is 0 Å². The molecule has 0 aliphatic carbocycles. The molecule has 62 heavy (non-hydrogen) atoms. The van der Waals surface area contributed by atoms with Gasteiger partial charge in [-0.2, -0.15) is 0 Å². The molecule has 0 saturated heterocycles. The first-order valence-corrected chi connectivity index (χ1v) is 18.9. The Morgan fingerprint density at radius 2 is 0.790 bits per heavy atom. The molecule has 8 heteroatoms. The summed E-state index contributed by atoms with van der Waals surface area (Å²) in [6.45, 7) is 0. The molecule has 0 radical (unpaired) electrons. The summed E-state index contributed by atoms with van der Waals surface area (Å²) in [6.07, 6.45) is 23.6. The first-order valence-electron chi connectivity index (χ1n) is 18.9. The van der Waals surface area contributed by atoms with Crippen molar-refractivity contribution in [3.05, 3.63) is 232 Å². The summed E-state index contributed by atoms with van der Waals surface area (Å²) in [7, 11) is 0. The molecule has 10 aromatic rings. The average molecular weight is 1160 g/mol. The average Bonchev–Trinajstić information content (AvgIpc) is 4.06. The number of pyridine rings is 2. The van der Waals surface area contributed by atoms with Crippen molar-refractivity contribution in [2.24, 2.45) is 0 Å². The second-order valence-corrected chi connectivity index (χ2v) is 13.1. The molecule has 0 atom stereocenters. The molecule has 6 aromatic carbocycles. The van der Waals surface area contributed by atoms with E-state index in [1.54, 1.807) is 46.3 Å². The predicted molar refractivity (Wildman–Crippen MR) is 236 cm³/mol. The quantitative estimate of drug-likeness (QED) is 0.118. The summed E-state index contributed by atoms with van der Waals surface area (Å²) in [6, 6.07) is 69.7. The van der Waals surface area contributed by atoms with Gasteiger partial charge in [0, 0.05) is 90.4 Å². The van der Waals surface area contributed by atoms with Crippen LogP contribution in [0.5, 0.6) is 23.3 Å². The van der Waals surface area contributed by atoms with E-state index >= 15 is 0 Å². The first-order chi connectivity index (χ1) is 29.7. The van der Waals surface area contributed by atoms with E-state index in [1.165, 1.54) is 0 Å². The van der Waals surface area contributed by atoms with Crippen LogP contribution in [-0.4, -0.2) is 19.1 Å². The summed E-state index contributed by atoms with van der Waals surface area (Å²) in [5.74, 6) is 2.06. The van der Waals surface area contributed by atoms with E-state index in [2.05, 4.69) is 46.3 Å². The molecule has 306 valence electrons. The third-order valence-electron chi connectivity index (χ3n) is 9.17. The van der Waals surface area contributed by atoms with Crippen LogP contribution < -0.4 is 9.47 Å². The minimum Gasteiger partial charge on any atom is -0.669 e. The number of fused-ring (bicyclic) bond motifs is 2. The first kappa shape index (κ1) is 44.4. The number of nitrogens with zero attached hydrogens (tertiary/aromatic N) is 4. The summed E-state index contributed by atoms with van der Waals surface area (Å²) in [4.78, 5) is 9.20. The van der Waals surface area contributed by atoms with Crippen molar-refractivity contribution in [1.82, 2.24) is 19.1 Å². The fraction of sp³-hybridized carbons (Fsp3) is 0. The van der Waals surface area contributed by atoms with Crippen LogP contribution in [0.1, 0.15) is 0 Å². The molecule has 0 unspecified atom stereocenters. The number of ether oxygens (including phenoxy) is 2. The van der Waals surface area contributed by atoms with Gasteiger partial charge in [-0.3, -0.25) is 0 Å². The molecule has 0 aliphatic heterocycles. The van der Waals surface area contributed by atoms with Gasteiger partial charge in [0.15, 0.2) is 0 Å². The van der Waals surface area contributed by atoms with Crippen LogP contribution in [-0.2, 0) is 42.1 Å². The van der Waals surface area contributed by atoms with E-state index in [0.717, 1.165) is 43.8 Å². The fourth-order valence-electron chi connectivity index (χ4n) is 6.32. The smallest absolute Gasteiger partial charge is 0.223 e. The monoisotopic (exact) mass is 1160 g/mol. The molecule has 4 heterocycles. The minimum absolute atomic E-state index is 0. The van der Waals surface area contributed by atoms with Crippen molar-refractivity contribution in [2.75, 3.05) is 0 Å². The van der Waals surface area contributed by atoms with E-state index in [1.807, 2.05) is 158 Å². The standard InChI is InChI=1S/C42H24N2O2.2C6H4N.2Pt/c1-3-13-29(14-4-1)37-21-11-23-43-41(37)45-39-27-33(25-31-17-7-9-19-35(31)39)34-26-32-18-8-10-20-36(32)40(28-34)46-42-38(22-12-24-44-42)30-15-5-2-6-16-30;2*1-2-7-5-3-4-6-7;;/h1-24H;2*3-6H;;/q-4;2*-1;;. The van der Waals surface area contributed by atoms with E-state index in [4.69, 9.17) is 22.3 Å².